The van der Waals surface area contributed by atoms with Gasteiger partial charge in [-0.05, 0) is 51.9 Å². The number of allylic oxidation sites excluding steroid dienone is 2. The zero-order chi connectivity index (χ0) is 14.5. The van der Waals surface area contributed by atoms with Crippen LogP contribution in [0.15, 0.2) is 12.2 Å². The molecule has 0 saturated carbocycles. The first kappa shape index (κ1) is 17.3. The molecule has 1 aliphatic heterocycles. The van der Waals surface area contributed by atoms with Gasteiger partial charge in [-0.1, -0.05) is 44.3 Å². The highest BCUT2D eigenvalue weighted by atomic mass is 16.5. The average Bonchev–Trinajstić information content (AvgIpc) is 2.42. The molecule has 0 bridgehead atoms. The third-order valence-corrected chi connectivity index (χ3v) is 3.98. The summed E-state index contributed by atoms with van der Waals surface area (Å²) >= 11 is 0. The summed E-state index contributed by atoms with van der Waals surface area (Å²) in [5.74, 6) is 0.00143. The molecule has 0 aromatic carbocycles. The minimum atomic E-state index is 0.00143. The van der Waals surface area contributed by atoms with Crippen LogP contribution in [0, 0.1) is 0 Å². The zero-order valence-electron chi connectivity index (χ0n) is 13.2. The van der Waals surface area contributed by atoms with Gasteiger partial charge in [0.15, 0.2) is 0 Å². The van der Waals surface area contributed by atoms with Gasteiger partial charge in [0.1, 0.15) is 0 Å². The molecule has 0 aromatic rings. The lowest BCUT2D eigenvalue weighted by atomic mass is 10.1. The molecule has 0 amide bonds. The summed E-state index contributed by atoms with van der Waals surface area (Å²) in [5, 5.41) is 0. The van der Waals surface area contributed by atoms with Gasteiger partial charge in [0.2, 0.25) is 0 Å². The highest BCUT2D eigenvalue weighted by Gasteiger charge is 2.08. The molecule has 0 aromatic heterocycles. The topological polar surface area (TPSA) is 26.3 Å². The second kappa shape index (κ2) is 12.0. The molecule has 1 aliphatic rings. The molecule has 2 nitrogen and oxygen atoms in total. The van der Waals surface area contributed by atoms with Crippen molar-refractivity contribution in [2.75, 3.05) is 0 Å². The van der Waals surface area contributed by atoms with E-state index in [0.717, 1.165) is 19.3 Å². The van der Waals surface area contributed by atoms with E-state index < -0.39 is 0 Å². The van der Waals surface area contributed by atoms with Crippen LogP contribution >= 0.6 is 0 Å². The van der Waals surface area contributed by atoms with Crippen molar-refractivity contribution in [3.8, 4) is 0 Å². The normalized spacial score (nSPS) is 27.1. The van der Waals surface area contributed by atoms with Crippen molar-refractivity contribution in [1.82, 2.24) is 0 Å². The molecule has 0 spiro atoms. The predicted octanol–water partition coefficient (Wildman–Crippen LogP) is 5.56. The van der Waals surface area contributed by atoms with E-state index in [4.69, 9.17) is 4.74 Å². The second-order valence-electron chi connectivity index (χ2n) is 6.07. The van der Waals surface area contributed by atoms with Crippen molar-refractivity contribution in [2.45, 2.75) is 96.5 Å². The van der Waals surface area contributed by atoms with E-state index in [1.165, 1.54) is 57.8 Å². The van der Waals surface area contributed by atoms with Crippen molar-refractivity contribution in [3.05, 3.63) is 12.2 Å². The molecule has 0 N–H and O–H groups in total. The van der Waals surface area contributed by atoms with E-state index in [0.29, 0.717) is 6.42 Å². The van der Waals surface area contributed by atoms with Crippen LogP contribution in [0.3, 0.4) is 0 Å². The van der Waals surface area contributed by atoms with E-state index in [-0.39, 0.29) is 12.1 Å². The van der Waals surface area contributed by atoms with Crippen LogP contribution in [-0.4, -0.2) is 12.1 Å². The van der Waals surface area contributed by atoms with Crippen LogP contribution in [0.5, 0.6) is 0 Å². The molecule has 0 fully saturated rings. The van der Waals surface area contributed by atoms with E-state index in [1.54, 1.807) is 0 Å². The molecule has 1 rings (SSSR count). The molecule has 2 heteroatoms. The van der Waals surface area contributed by atoms with Gasteiger partial charge in [-0.2, -0.15) is 0 Å². The number of rotatable bonds is 0. The minimum absolute atomic E-state index is 0.00143. The van der Waals surface area contributed by atoms with Crippen molar-refractivity contribution < 1.29 is 9.53 Å². The van der Waals surface area contributed by atoms with Crippen molar-refractivity contribution in [3.63, 3.8) is 0 Å². The SMILES string of the molecule is C[C@H]1CCCCCC/C=C\CCCCCCCC(=O)O1. The van der Waals surface area contributed by atoms with E-state index in [9.17, 15) is 4.79 Å². The molecule has 1 heterocycles. The summed E-state index contributed by atoms with van der Waals surface area (Å²) in [6, 6.07) is 0. The Kier molecular flexibility index (Phi) is 10.3. The van der Waals surface area contributed by atoms with Crippen LogP contribution in [-0.2, 0) is 9.53 Å². The third kappa shape index (κ3) is 10.1. The van der Waals surface area contributed by atoms with Gasteiger partial charge in [-0.25, -0.2) is 0 Å². The predicted molar refractivity (Wildman–Crippen MR) is 84.7 cm³/mol. The standard InChI is InChI=1S/C18H32O2/c1-17-15-13-11-9-7-5-3-2-4-6-8-10-12-14-16-18(19)20-17/h2-3,17H,4-16H2,1H3/b3-2-/t17-/m0/s1. The van der Waals surface area contributed by atoms with Gasteiger partial charge >= 0.3 is 5.97 Å². The molecular formula is C18H32O2. The van der Waals surface area contributed by atoms with Gasteiger partial charge in [0.05, 0.1) is 6.10 Å². The smallest absolute Gasteiger partial charge is 0.306 e. The van der Waals surface area contributed by atoms with Crippen LogP contribution in [0.1, 0.15) is 90.4 Å². The van der Waals surface area contributed by atoms with Crippen LogP contribution in [0.2, 0.25) is 0 Å². The highest BCUT2D eigenvalue weighted by molar-refractivity contribution is 5.69. The Labute approximate surface area is 125 Å². The van der Waals surface area contributed by atoms with Crippen molar-refractivity contribution >= 4 is 5.97 Å². The number of ether oxygens (including phenoxy) is 1. The first-order chi connectivity index (χ1) is 9.79. The van der Waals surface area contributed by atoms with Crippen molar-refractivity contribution in [1.29, 1.82) is 0 Å². The monoisotopic (exact) mass is 280 g/mol. The van der Waals surface area contributed by atoms with E-state index in [2.05, 4.69) is 12.2 Å². The fraction of sp³-hybridized carbons (Fsp3) is 0.833. The lowest BCUT2D eigenvalue weighted by Crippen LogP contribution is -2.14. The first-order valence-electron chi connectivity index (χ1n) is 8.63. The Bertz CT molecular complexity index is 271. The minimum Gasteiger partial charge on any atom is -0.463 e. The molecule has 0 saturated heterocycles. The molecule has 1 atom stereocenters. The first-order valence-corrected chi connectivity index (χ1v) is 8.63. The highest BCUT2D eigenvalue weighted by Crippen LogP contribution is 2.13. The Balaban J connectivity index is 2.25. The van der Waals surface area contributed by atoms with Gasteiger partial charge in [-0.15, -0.1) is 0 Å². The van der Waals surface area contributed by atoms with Crippen LogP contribution in [0.25, 0.3) is 0 Å². The maximum Gasteiger partial charge on any atom is 0.306 e. The summed E-state index contributed by atoms with van der Waals surface area (Å²) in [4.78, 5) is 11.7. The van der Waals surface area contributed by atoms with E-state index >= 15 is 0 Å². The fourth-order valence-electron chi connectivity index (χ4n) is 2.69. The zero-order valence-corrected chi connectivity index (χ0v) is 13.2. The molecule has 0 aliphatic carbocycles. The Morgan fingerprint density at radius 3 is 2.10 bits per heavy atom. The Morgan fingerprint density at radius 2 is 1.40 bits per heavy atom. The number of esters is 1. The second-order valence-corrected chi connectivity index (χ2v) is 6.07. The van der Waals surface area contributed by atoms with Gasteiger partial charge in [0, 0.05) is 6.42 Å². The summed E-state index contributed by atoms with van der Waals surface area (Å²) in [6.45, 7) is 2.03. The largest absolute Gasteiger partial charge is 0.463 e. The Morgan fingerprint density at radius 1 is 0.850 bits per heavy atom. The van der Waals surface area contributed by atoms with Crippen molar-refractivity contribution in [2.24, 2.45) is 0 Å². The summed E-state index contributed by atoms with van der Waals surface area (Å²) in [6.07, 6.45) is 19.9. The van der Waals surface area contributed by atoms with Crippen LogP contribution in [0.4, 0.5) is 0 Å². The third-order valence-electron chi connectivity index (χ3n) is 3.98. The number of hydrogen-bond acceptors (Lipinski definition) is 2. The Hall–Kier alpha value is -0.790. The van der Waals surface area contributed by atoms with Gasteiger partial charge in [0.25, 0.3) is 0 Å². The van der Waals surface area contributed by atoms with Crippen LogP contribution < -0.4 is 0 Å². The number of hydrogen-bond donors (Lipinski definition) is 0. The fourth-order valence-corrected chi connectivity index (χ4v) is 2.69. The lowest BCUT2D eigenvalue weighted by Gasteiger charge is -2.13. The van der Waals surface area contributed by atoms with E-state index in [1.807, 2.05) is 6.92 Å². The van der Waals surface area contributed by atoms with Gasteiger partial charge < -0.3 is 4.74 Å². The summed E-state index contributed by atoms with van der Waals surface area (Å²) in [5.41, 5.74) is 0. The van der Waals surface area contributed by atoms with Gasteiger partial charge in [-0.3, -0.25) is 4.79 Å². The maximum absolute atomic E-state index is 11.7. The summed E-state index contributed by atoms with van der Waals surface area (Å²) < 4.78 is 5.45. The number of carbonyl (C=O) groups is 1. The summed E-state index contributed by atoms with van der Waals surface area (Å²) in [7, 11) is 0. The molecule has 116 valence electrons. The lowest BCUT2D eigenvalue weighted by molar-refractivity contribution is -0.148. The number of carbonyl (C=O) groups excluding carboxylic acids is 1. The number of cyclic esters (lactones) is 1. The molecule has 20 heavy (non-hydrogen) atoms. The molecule has 0 unspecified atom stereocenters. The average molecular weight is 280 g/mol. The maximum atomic E-state index is 11.7. The molecular weight excluding hydrogens is 248 g/mol. The molecule has 0 radical (unpaired) electrons. The quantitative estimate of drug-likeness (QED) is 0.429.